The first-order valence-corrected chi connectivity index (χ1v) is 6.30. The van der Waals surface area contributed by atoms with Gasteiger partial charge < -0.3 is 5.11 Å². The number of aryl methyl sites for hydroxylation is 2. The van der Waals surface area contributed by atoms with E-state index in [2.05, 4.69) is 4.98 Å². The SMILES string of the molecule is Cc1cc(C(O)Cc2ccccc2Cl)cc(C)n1. The van der Waals surface area contributed by atoms with E-state index in [4.69, 9.17) is 11.6 Å². The molecule has 0 spiro atoms. The Morgan fingerprint density at radius 1 is 1.17 bits per heavy atom. The van der Waals surface area contributed by atoms with E-state index in [1.54, 1.807) is 0 Å². The fourth-order valence-electron chi connectivity index (χ4n) is 2.05. The summed E-state index contributed by atoms with van der Waals surface area (Å²) in [6, 6.07) is 11.4. The molecule has 0 aliphatic carbocycles. The van der Waals surface area contributed by atoms with Crippen LogP contribution in [-0.4, -0.2) is 10.1 Å². The Morgan fingerprint density at radius 3 is 2.39 bits per heavy atom. The monoisotopic (exact) mass is 261 g/mol. The van der Waals surface area contributed by atoms with Gasteiger partial charge in [-0.2, -0.15) is 0 Å². The summed E-state index contributed by atoms with van der Waals surface area (Å²) in [4.78, 5) is 4.30. The van der Waals surface area contributed by atoms with Crippen LogP contribution < -0.4 is 0 Å². The van der Waals surface area contributed by atoms with Gasteiger partial charge in [-0.1, -0.05) is 29.8 Å². The van der Waals surface area contributed by atoms with E-state index in [0.717, 1.165) is 22.5 Å². The van der Waals surface area contributed by atoms with Crippen LogP contribution in [0.3, 0.4) is 0 Å². The lowest BCUT2D eigenvalue weighted by atomic mass is 10.0. The summed E-state index contributed by atoms with van der Waals surface area (Å²) in [5.41, 5.74) is 3.69. The fourth-order valence-corrected chi connectivity index (χ4v) is 2.26. The number of nitrogens with zero attached hydrogens (tertiary/aromatic N) is 1. The largest absolute Gasteiger partial charge is 0.388 e. The van der Waals surface area contributed by atoms with Gasteiger partial charge in [-0.3, -0.25) is 4.98 Å². The quantitative estimate of drug-likeness (QED) is 0.915. The number of rotatable bonds is 3. The van der Waals surface area contributed by atoms with E-state index < -0.39 is 6.10 Å². The Balaban J connectivity index is 2.22. The highest BCUT2D eigenvalue weighted by molar-refractivity contribution is 6.31. The minimum atomic E-state index is -0.551. The van der Waals surface area contributed by atoms with Crippen LogP contribution in [-0.2, 0) is 6.42 Å². The molecule has 0 amide bonds. The second-order valence-electron chi connectivity index (χ2n) is 4.49. The molecule has 0 radical (unpaired) electrons. The molecule has 0 aliphatic heterocycles. The molecular formula is C15H16ClNO. The maximum Gasteiger partial charge on any atom is 0.0832 e. The zero-order valence-electron chi connectivity index (χ0n) is 10.5. The smallest absolute Gasteiger partial charge is 0.0832 e. The maximum absolute atomic E-state index is 10.3. The van der Waals surface area contributed by atoms with Crippen molar-refractivity contribution >= 4 is 11.6 Å². The van der Waals surface area contributed by atoms with Crippen LogP contribution in [0.5, 0.6) is 0 Å². The second kappa shape index (κ2) is 5.51. The van der Waals surface area contributed by atoms with Crippen LogP contribution in [0.25, 0.3) is 0 Å². The van der Waals surface area contributed by atoms with Gasteiger partial charge in [0.05, 0.1) is 6.10 Å². The van der Waals surface area contributed by atoms with Gasteiger partial charge in [-0.05, 0) is 43.2 Å². The lowest BCUT2D eigenvalue weighted by molar-refractivity contribution is 0.178. The molecule has 1 N–H and O–H groups in total. The van der Waals surface area contributed by atoms with Gasteiger partial charge in [-0.15, -0.1) is 0 Å². The van der Waals surface area contributed by atoms with Crippen molar-refractivity contribution < 1.29 is 5.11 Å². The van der Waals surface area contributed by atoms with Crippen LogP contribution in [0.2, 0.25) is 5.02 Å². The van der Waals surface area contributed by atoms with Crippen LogP contribution in [0.1, 0.15) is 28.6 Å². The zero-order valence-corrected chi connectivity index (χ0v) is 11.3. The number of halogens is 1. The topological polar surface area (TPSA) is 33.1 Å². The predicted octanol–water partition coefficient (Wildman–Crippen LogP) is 3.63. The Kier molecular flexibility index (Phi) is 4.00. The summed E-state index contributed by atoms with van der Waals surface area (Å²) in [6.45, 7) is 3.86. The summed E-state index contributed by atoms with van der Waals surface area (Å²) in [7, 11) is 0. The van der Waals surface area contributed by atoms with E-state index in [9.17, 15) is 5.11 Å². The first-order chi connectivity index (χ1) is 8.56. The van der Waals surface area contributed by atoms with Crippen LogP contribution in [0.4, 0.5) is 0 Å². The average molecular weight is 262 g/mol. The molecule has 0 saturated heterocycles. The van der Waals surface area contributed by atoms with Crippen molar-refractivity contribution in [1.82, 2.24) is 4.98 Å². The molecule has 18 heavy (non-hydrogen) atoms. The number of hydrogen-bond acceptors (Lipinski definition) is 2. The molecule has 1 atom stereocenters. The summed E-state index contributed by atoms with van der Waals surface area (Å²) in [5, 5.41) is 11.0. The number of pyridine rings is 1. The third-order valence-electron chi connectivity index (χ3n) is 2.86. The number of aliphatic hydroxyl groups excluding tert-OH is 1. The predicted molar refractivity (Wildman–Crippen MR) is 73.8 cm³/mol. The van der Waals surface area contributed by atoms with Gasteiger partial charge in [0.1, 0.15) is 0 Å². The van der Waals surface area contributed by atoms with Crippen molar-refractivity contribution in [1.29, 1.82) is 0 Å². The lowest BCUT2D eigenvalue weighted by Gasteiger charge is -2.13. The molecule has 0 saturated carbocycles. The van der Waals surface area contributed by atoms with Gasteiger partial charge in [0.15, 0.2) is 0 Å². The van der Waals surface area contributed by atoms with Crippen LogP contribution in [0.15, 0.2) is 36.4 Å². The Morgan fingerprint density at radius 2 is 1.78 bits per heavy atom. The van der Waals surface area contributed by atoms with Crippen molar-refractivity contribution in [3.63, 3.8) is 0 Å². The number of benzene rings is 1. The molecule has 94 valence electrons. The van der Waals surface area contributed by atoms with E-state index in [0.29, 0.717) is 11.4 Å². The molecule has 2 nitrogen and oxygen atoms in total. The van der Waals surface area contributed by atoms with Gasteiger partial charge in [-0.25, -0.2) is 0 Å². The highest BCUT2D eigenvalue weighted by atomic mass is 35.5. The standard InChI is InChI=1S/C15H16ClNO/c1-10-7-13(8-11(2)17-10)15(18)9-12-5-3-4-6-14(12)16/h3-8,15,18H,9H2,1-2H3. The average Bonchev–Trinajstić information content (AvgIpc) is 2.31. The van der Waals surface area contributed by atoms with E-state index in [1.165, 1.54) is 0 Å². The molecule has 0 aliphatic rings. The third kappa shape index (κ3) is 3.09. The lowest BCUT2D eigenvalue weighted by Crippen LogP contribution is -2.04. The van der Waals surface area contributed by atoms with Gasteiger partial charge >= 0.3 is 0 Å². The molecular weight excluding hydrogens is 246 g/mol. The number of aliphatic hydroxyl groups is 1. The zero-order chi connectivity index (χ0) is 13.1. The second-order valence-corrected chi connectivity index (χ2v) is 4.90. The number of hydrogen-bond donors (Lipinski definition) is 1. The minimum absolute atomic E-state index is 0.516. The number of aromatic nitrogens is 1. The Hall–Kier alpha value is -1.38. The van der Waals surface area contributed by atoms with E-state index >= 15 is 0 Å². The normalized spacial score (nSPS) is 12.4. The van der Waals surface area contributed by atoms with Crippen molar-refractivity contribution in [3.05, 3.63) is 63.9 Å². The minimum Gasteiger partial charge on any atom is -0.388 e. The third-order valence-corrected chi connectivity index (χ3v) is 3.23. The first kappa shape index (κ1) is 13.1. The Labute approximate surface area is 112 Å². The van der Waals surface area contributed by atoms with E-state index in [-0.39, 0.29) is 0 Å². The van der Waals surface area contributed by atoms with Crippen LogP contribution in [0, 0.1) is 13.8 Å². The van der Waals surface area contributed by atoms with Crippen molar-refractivity contribution in [3.8, 4) is 0 Å². The summed E-state index contributed by atoms with van der Waals surface area (Å²) in [6.07, 6.45) is -0.0342. The molecule has 1 heterocycles. The molecule has 1 aromatic heterocycles. The highest BCUT2D eigenvalue weighted by Gasteiger charge is 2.11. The van der Waals surface area contributed by atoms with Crippen molar-refractivity contribution in [2.75, 3.05) is 0 Å². The summed E-state index contributed by atoms with van der Waals surface area (Å²) >= 11 is 6.09. The fraction of sp³-hybridized carbons (Fsp3) is 0.267. The van der Waals surface area contributed by atoms with Gasteiger partial charge in [0.25, 0.3) is 0 Å². The molecule has 1 aromatic carbocycles. The first-order valence-electron chi connectivity index (χ1n) is 5.93. The molecule has 0 bridgehead atoms. The highest BCUT2D eigenvalue weighted by Crippen LogP contribution is 2.23. The molecule has 3 heteroatoms. The van der Waals surface area contributed by atoms with E-state index in [1.807, 2.05) is 50.2 Å². The van der Waals surface area contributed by atoms with Crippen molar-refractivity contribution in [2.24, 2.45) is 0 Å². The molecule has 1 unspecified atom stereocenters. The maximum atomic E-state index is 10.3. The van der Waals surface area contributed by atoms with Crippen LogP contribution >= 0.6 is 11.6 Å². The molecule has 2 aromatic rings. The summed E-state index contributed by atoms with van der Waals surface area (Å²) < 4.78 is 0. The van der Waals surface area contributed by atoms with Gasteiger partial charge in [0, 0.05) is 22.8 Å². The van der Waals surface area contributed by atoms with Gasteiger partial charge in [0.2, 0.25) is 0 Å². The van der Waals surface area contributed by atoms with Crippen molar-refractivity contribution in [2.45, 2.75) is 26.4 Å². The molecule has 0 fully saturated rings. The Bertz CT molecular complexity index is 534. The molecule has 2 rings (SSSR count). The summed E-state index contributed by atoms with van der Waals surface area (Å²) in [5.74, 6) is 0.